The fraction of sp³-hybridized carbons (Fsp3) is 0.500. The van der Waals surface area contributed by atoms with E-state index in [4.69, 9.17) is 0 Å². The van der Waals surface area contributed by atoms with E-state index in [-0.39, 0.29) is 12.5 Å². The second-order valence-corrected chi connectivity index (χ2v) is 9.81. The zero-order chi connectivity index (χ0) is 19.0. The lowest BCUT2D eigenvalue weighted by Gasteiger charge is -2.34. The molecular weight excluding hydrogens is 384 g/mol. The van der Waals surface area contributed by atoms with Crippen molar-refractivity contribution in [3.63, 3.8) is 0 Å². The topological polar surface area (TPSA) is 83.5 Å². The molecule has 7 nitrogen and oxygen atoms in total. The van der Waals surface area contributed by atoms with Gasteiger partial charge in [-0.3, -0.25) is 9.10 Å². The standard InChI is InChI=1S/C18H22N4O3S2/c1-2-15-17(26-20-19-15)18(23)21-10-5-7-14(12-21)27(24,25)22-11-9-13-6-3-4-8-16(13)22/h3-4,6,8,14H,2,5,7,9-12H2,1H3/t14-/m0/s1. The maximum absolute atomic E-state index is 13.3. The van der Waals surface area contributed by atoms with Crippen LogP contribution in [0.15, 0.2) is 24.3 Å². The summed E-state index contributed by atoms with van der Waals surface area (Å²) in [6.07, 6.45) is 2.63. The largest absolute Gasteiger partial charge is 0.336 e. The normalized spacial score (nSPS) is 20.0. The van der Waals surface area contributed by atoms with E-state index in [0.717, 1.165) is 29.2 Å². The predicted molar refractivity (Wildman–Crippen MR) is 105 cm³/mol. The summed E-state index contributed by atoms with van der Waals surface area (Å²) in [6, 6.07) is 7.64. The molecule has 0 saturated carbocycles. The predicted octanol–water partition coefficient (Wildman–Crippen LogP) is 2.10. The van der Waals surface area contributed by atoms with Gasteiger partial charge in [-0.15, -0.1) is 5.10 Å². The highest BCUT2D eigenvalue weighted by atomic mass is 32.2. The van der Waals surface area contributed by atoms with Gasteiger partial charge >= 0.3 is 0 Å². The zero-order valence-electron chi connectivity index (χ0n) is 15.2. The number of nitrogens with zero attached hydrogens (tertiary/aromatic N) is 4. The van der Waals surface area contributed by atoms with Crippen LogP contribution in [0.1, 0.15) is 40.7 Å². The molecule has 4 rings (SSSR count). The highest BCUT2D eigenvalue weighted by Gasteiger charge is 2.39. The van der Waals surface area contributed by atoms with Crippen molar-refractivity contribution in [2.45, 2.75) is 37.9 Å². The number of piperidine rings is 1. The highest BCUT2D eigenvalue weighted by molar-refractivity contribution is 7.93. The van der Waals surface area contributed by atoms with Crippen LogP contribution in [0.4, 0.5) is 5.69 Å². The summed E-state index contributed by atoms with van der Waals surface area (Å²) < 4.78 is 32.0. The van der Waals surface area contributed by atoms with Crippen molar-refractivity contribution in [2.24, 2.45) is 0 Å². The van der Waals surface area contributed by atoms with Gasteiger partial charge in [-0.25, -0.2) is 8.42 Å². The Labute approximate surface area is 163 Å². The van der Waals surface area contributed by atoms with Gasteiger partial charge in [0, 0.05) is 19.6 Å². The molecule has 0 N–H and O–H groups in total. The number of sulfonamides is 1. The molecule has 0 unspecified atom stereocenters. The highest BCUT2D eigenvalue weighted by Crippen LogP contribution is 2.33. The molecule has 144 valence electrons. The Morgan fingerprint density at radius 3 is 2.93 bits per heavy atom. The molecule has 1 amide bonds. The van der Waals surface area contributed by atoms with Gasteiger partial charge in [0.15, 0.2) is 0 Å². The Kier molecular flexibility index (Phi) is 4.90. The van der Waals surface area contributed by atoms with Crippen molar-refractivity contribution in [1.29, 1.82) is 0 Å². The zero-order valence-corrected chi connectivity index (χ0v) is 16.8. The van der Waals surface area contributed by atoms with Gasteiger partial charge in [0.2, 0.25) is 10.0 Å². The van der Waals surface area contributed by atoms with Gasteiger partial charge in [0.05, 0.1) is 16.6 Å². The second kappa shape index (κ2) is 7.20. The molecule has 1 saturated heterocycles. The third kappa shape index (κ3) is 3.23. The molecule has 1 aromatic heterocycles. The number of aromatic nitrogens is 2. The Morgan fingerprint density at radius 1 is 1.30 bits per heavy atom. The lowest BCUT2D eigenvalue weighted by molar-refractivity contribution is 0.0730. The van der Waals surface area contributed by atoms with Gasteiger partial charge in [-0.2, -0.15) is 0 Å². The minimum atomic E-state index is -3.51. The maximum atomic E-state index is 13.3. The number of anilines is 1. The molecule has 0 spiro atoms. The number of likely N-dealkylation sites (tertiary alicyclic amines) is 1. The molecule has 1 fully saturated rings. The van der Waals surface area contributed by atoms with E-state index in [1.807, 2.05) is 31.2 Å². The van der Waals surface area contributed by atoms with Crippen LogP contribution in [0.5, 0.6) is 0 Å². The van der Waals surface area contributed by atoms with E-state index < -0.39 is 15.3 Å². The van der Waals surface area contributed by atoms with Crippen molar-refractivity contribution in [3.8, 4) is 0 Å². The number of carbonyl (C=O) groups is 1. The molecule has 2 aliphatic rings. The van der Waals surface area contributed by atoms with Gasteiger partial charge in [-0.1, -0.05) is 29.6 Å². The molecule has 3 heterocycles. The molecular formula is C18H22N4O3S2. The average molecular weight is 407 g/mol. The fourth-order valence-electron chi connectivity index (χ4n) is 3.86. The summed E-state index contributed by atoms with van der Waals surface area (Å²) in [4.78, 5) is 15.1. The molecule has 2 aromatic rings. The Hall–Kier alpha value is -2.00. The third-order valence-corrected chi connectivity index (χ3v) is 8.30. The van der Waals surface area contributed by atoms with Gasteiger partial charge in [-0.05, 0) is 48.8 Å². The quantitative estimate of drug-likeness (QED) is 0.776. The van der Waals surface area contributed by atoms with Gasteiger partial charge in [0.1, 0.15) is 4.88 Å². The van der Waals surface area contributed by atoms with Crippen molar-refractivity contribution in [2.75, 3.05) is 23.9 Å². The van der Waals surface area contributed by atoms with Crippen LogP contribution in [0.2, 0.25) is 0 Å². The van der Waals surface area contributed by atoms with Crippen molar-refractivity contribution in [3.05, 3.63) is 40.4 Å². The minimum absolute atomic E-state index is 0.149. The lowest BCUT2D eigenvalue weighted by atomic mass is 10.1. The van der Waals surface area contributed by atoms with Gasteiger partial charge < -0.3 is 4.90 Å². The molecule has 0 aliphatic carbocycles. The summed E-state index contributed by atoms with van der Waals surface area (Å²) in [5.41, 5.74) is 2.53. The van der Waals surface area contributed by atoms with Crippen LogP contribution in [0.3, 0.4) is 0 Å². The van der Waals surface area contributed by atoms with Crippen LogP contribution >= 0.6 is 11.5 Å². The van der Waals surface area contributed by atoms with Crippen molar-refractivity contribution >= 4 is 33.2 Å². The van der Waals surface area contributed by atoms with Crippen LogP contribution in [0.25, 0.3) is 0 Å². The molecule has 1 aromatic carbocycles. The molecule has 1 atom stereocenters. The number of rotatable bonds is 4. The number of benzene rings is 1. The van der Waals surface area contributed by atoms with E-state index >= 15 is 0 Å². The number of hydrogen-bond donors (Lipinski definition) is 0. The molecule has 0 bridgehead atoms. The SMILES string of the molecule is CCc1nnsc1C(=O)N1CCC[C@H](S(=O)(=O)N2CCc3ccccc32)C1. The van der Waals surface area contributed by atoms with Crippen molar-refractivity contribution in [1.82, 2.24) is 14.5 Å². The molecule has 9 heteroatoms. The van der Waals surface area contributed by atoms with Crippen LogP contribution in [-0.2, 0) is 22.9 Å². The van der Waals surface area contributed by atoms with Crippen LogP contribution in [0, 0.1) is 0 Å². The number of aryl methyl sites for hydroxylation is 1. The summed E-state index contributed by atoms with van der Waals surface area (Å²) in [7, 11) is -3.51. The number of fused-ring (bicyclic) bond motifs is 1. The monoisotopic (exact) mass is 406 g/mol. The molecule has 2 aliphatic heterocycles. The van der Waals surface area contributed by atoms with Crippen molar-refractivity contribution < 1.29 is 13.2 Å². The Balaban J connectivity index is 1.55. The summed E-state index contributed by atoms with van der Waals surface area (Å²) in [5.74, 6) is -0.149. The second-order valence-electron chi connectivity index (χ2n) is 6.91. The minimum Gasteiger partial charge on any atom is -0.336 e. The number of amides is 1. The average Bonchev–Trinajstić information content (AvgIpc) is 3.34. The Bertz CT molecular complexity index is 957. The molecule has 0 radical (unpaired) electrons. The Morgan fingerprint density at radius 2 is 2.11 bits per heavy atom. The fourth-order valence-corrected chi connectivity index (χ4v) is 6.57. The lowest BCUT2D eigenvalue weighted by Crippen LogP contribution is -2.49. The number of carbonyl (C=O) groups excluding carboxylic acids is 1. The third-order valence-electron chi connectivity index (χ3n) is 5.32. The van der Waals surface area contributed by atoms with E-state index in [1.54, 1.807) is 4.90 Å². The van der Waals surface area contributed by atoms with Crippen LogP contribution in [-0.4, -0.2) is 53.7 Å². The number of hydrogen-bond acceptors (Lipinski definition) is 6. The molecule has 27 heavy (non-hydrogen) atoms. The first-order valence-corrected chi connectivity index (χ1v) is 11.5. The van der Waals surface area contributed by atoms with E-state index in [0.29, 0.717) is 42.9 Å². The van der Waals surface area contributed by atoms with E-state index in [2.05, 4.69) is 9.59 Å². The van der Waals surface area contributed by atoms with E-state index in [1.165, 1.54) is 4.31 Å². The van der Waals surface area contributed by atoms with Gasteiger partial charge in [0.25, 0.3) is 5.91 Å². The number of para-hydroxylation sites is 1. The first-order chi connectivity index (χ1) is 13.0. The first-order valence-electron chi connectivity index (χ1n) is 9.22. The first kappa shape index (κ1) is 18.4. The van der Waals surface area contributed by atoms with E-state index in [9.17, 15) is 13.2 Å². The van der Waals surface area contributed by atoms with Crippen LogP contribution < -0.4 is 4.31 Å². The summed E-state index contributed by atoms with van der Waals surface area (Å²) in [5, 5.41) is 3.42. The smallest absolute Gasteiger partial charge is 0.267 e. The summed E-state index contributed by atoms with van der Waals surface area (Å²) >= 11 is 1.09. The maximum Gasteiger partial charge on any atom is 0.267 e. The summed E-state index contributed by atoms with van der Waals surface area (Å²) in [6.45, 7) is 3.20.